The molecule has 0 radical (unpaired) electrons. The van der Waals surface area contributed by atoms with Gasteiger partial charge in [0, 0.05) is 25.2 Å². The minimum absolute atomic E-state index is 0.0286. The Morgan fingerprint density at radius 2 is 2.19 bits per heavy atom. The first-order valence-corrected chi connectivity index (χ1v) is 10.4. The molecule has 1 N–H and O–H groups in total. The number of hydrogen-bond acceptors (Lipinski definition) is 5. The highest BCUT2D eigenvalue weighted by Gasteiger charge is 2.25. The monoisotopic (exact) mass is 385 g/mol. The van der Waals surface area contributed by atoms with Crippen LogP contribution in [0.25, 0.3) is 10.2 Å². The summed E-state index contributed by atoms with van der Waals surface area (Å²) in [6.45, 7) is 2.06. The Morgan fingerprint density at radius 3 is 3.04 bits per heavy atom. The predicted molar refractivity (Wildman–Crippen MR) is 105 cm³/mol. The second kappa shape index (κ2) is 7.55. The van der Waals surface area contributed by atoms with Gasteiger partial charge in [-0.2, -0.15) is 0 Å². The molecule has 0 saturated carbocycles. The number of carbonyl (C=O) groups is 2. The molecule has 1 fully saturated rings. The summed E-state index contributed by atoms with van der Waals surface area (Å²) in [5.74, 6) is 0.331. The molecule has 3 aromatic rings. The van der Waals surface area contributed by atoms with E-state index in [1.165, 1.54) is 11.3 Å². The van der Waals surface area contributed by atoms with Crippen LogP contribution < -0.4 is 5.32 Å². The molecule has 1 saturated heterocycles. The topological polar surface area (TPSA) is 62.3 Å². The lowest BCUT2D eigenvalue weighted by atomic mass is 9.97. The maximum absolute atomic E-state index is 12.9. The van der Waals surface area contributed by atoms with Crippen LogP contribution in [0.1, 0.15) is 32.9 Å². The van der Waals surface area contributed by atoms with Gasteiger partial charge in [-0.15, -0.1) is 22.7 Å². The number of thiazole rings is 1. The van der Waals surface area contributed by atoms with E-state index >= 15 is 0 Å². The van der Waals surface area contributed by atoms with Crippen LogP contribution >= 0.6 is 22.7 Å². The summed E-state index contributed by atoms with van der Waals surface area (Å²) in [5.41, 5.74) is 3.44. The van der Waals surface area contributed by atoms with Gasteiger partial charge in [-0.3, -0.25) is 9.59 Å². The summed E-state index contributed by atoms with van der Waals surface area (Å²) in [6.07, 6.45) is 2.00. The van der Waals surface area contributed by atoms with Crippen LogP contribution in [-0.4, -0.2) is 41.3 Å². The van der Waals surface area contributed by atoms with Crippen LogP contribution in [0.5, 0.6) is 0 Å². The zero-order valence-corrected chi connectivity index (χ0v) is 15.8. The molecule has 2 amide bonds. The Hall–Kier alpha value is -2.25. The lowest BCUT2D eigenvalue weighted by Gasteiger charge is -2.33. The van der Waals surface area contributed by atoms with E-state index in [9.17, 15) is 9.59 Å². The highest BCUT2D eigenvalue weighted by Crippen LogP contribution is 2.22. The second-order valence-electron chi connectivity index (χ2n) is 6.48. The summed E-state index contributed by atoms with van der Waals surface area (Å²) in [6, 6.07) is 9.39. The van der Waals surface area contributed by atoms with E-state index in [1.807, 2.05) is 40.6 Å². The smallest absolute Gasteiger partial charge is 0.261 e. The van der Waals surface area contributed by atoms with Crippen LogP contribution in [0.2, 0.25) is 0 Å². The molecule has 1 atom stereocenters. The zero-order chi connectivity index (χ0) is 17.9. The maximum atomic E-state index is 12.9. The summed E-state index contributed by atoms with van der Waals surface area (Å²) in [7, 11) is 0. The van der Waals surface area contributed by atoms with Crippen LogP contribution in [0, 0.1) is 5.92 Å². The van der Waals surface area contributed by atoms with E-state index in [-0.39, 0.29) is 11.8 Å². The molecule has 1 aliphatic rings. The van der Waals surface area contributed by atoms with E-state index < -0.39 is 0 Å². The molecule has 0 aliphatic carbocycles. The number of thiophene rings is 1. The molecule has 1 aliphatic heterocycles. The standard InChI is InChI=1S/C19H19N3O2S2/c23-18(16-4-2-8-25-16)20-10-13-3-1-7-22(11-13)19(24)14-5-6-15-17(9-14)26-12-21-15/h2,4-6,8-9,12-13H,1,3,7,10-11H2,(H,20,23)/t13-/m0/s1. The van der Waals surface area contributed by atoms with Crippen molar-refractivity contribution in [1.29, 1.82) is 0 Å². The van der Waals surface area contributed by atoms with Crippen molar-refractivity contribution in [2.24, 2.45) is 5.92 Å². The number of carbonyl (C=O) groups excluding carboxylic acids is 2. The number of hydrogen-bond donors (Lipinski definition) is 1. The van der Waals surface area contributed by atoms with E-state index in [2.05, 4.69) is 10.3 Å². The molecule has 3 heterocycles. The van der Waals surface area contributed by atoms with Gasteiger partial charge in [0.2, 0.25) is 0 Å². The molecular formula is C19H19N3O2S2. The number of rotatable bonds is 4. The van der Waals surface area contributed by atoms with Gasteiger partial charge in [0.25, 0.3) is 11.8 Å². The molecule has 0 bridgehead atoms. The van der Waals surface area contributed by atoms with E-state index in [0.717, 1.165) is 34.5 Å². The van der Waals surface area contributed by atoms with Crippen molar-refractivity contribution in [3.63, 3.8) is 0 Å². The maximum Gasteiger partial charge on any atom is 0.261 e. The lowest BCUT2D eigenvalue weighted by molar-refractivity contribution is 0.0671. The van der Waals surface area contributed by atoms with E-state index in [4.69, 9.17) is 0 Å². The van der Waals surface area contributed by atoms with Gasteiger partial charge < -0.3 is 10.2 Å². The van der Waals surface area contributed by atoms with Crippen LogP contribution in [-0.2, 0) is 0 Å². The molecule has 4 rings (SSSR count). The zero-order valence-electron chi connectivity index (χ0n) is 14.2. The number of likely N-dealkylation sites (tertiary alicyclic amines) is 1. The Labute approximate surface area is 159 Å². The Balaban J connectivity index is 1.38. The lowest BCUT2D eigenvalue weighted by Crippen LogP contribution is -2.43. The van der Waals surface area contributed by atoms with Gasteiger partial charge in [-0.05, 0) is 48.4 Å². The minimum atomic E-state index is -0.0286. The summed E-state index contributed by atoms with van der Waals surface area (Å²) in [4.78, 5) is 31.9. The van der Waals surface area contributed by atoms with Gasteiger partial charge in [-0.25, -0.2) is 4.98 Å². The number of fused-ring (bicyclic) bond motifs is 1. The number of benzene rings is 1. The average Bonchev–Trinajstić information content (AvgIpc) is 3.36. The van der Waals surface area contributed by atoms with Crippen molar-refractivity contribution < 1.29 is 9.59 Å². The fourth-order valence-corrected chi connectivity index (χ4v) is 4.68. The predicted octanol–water partition coefficient (Wildman–Crippen LogP) is 3.64. The van der Waals surface area contributed by atoms with Crippen molar-refractivity contribution in [3.8, 4) is 0 Å². The number of nitrogens with zero attached hydrogens (tertiary/aromatic N) is 2. The fourth-order valence-electron chi connectivity index (χ4n) is 3.32. The quantitative estimate of drug-likeness (QED) is 0.746. The average molecular weight is 386 g/mol. The first-order valence-electron chi connectivity index (χ1n) is 8.65. The molecule has 2 aromatic heterocycles. The van der Waals surface area contributed by atoms with Crippen molar-refractivity contribution in [3.05, 3.63) is 51.7 Å². The first kappa shape index (κ1) is 17.2. The molecular weight excluding hydrogens is 366 g/mol. The minimum Gasteiger partial charge on any atom is -0.351 e. The second-order valence-corrected chi connectivity index (χ2v) is 8.32. The summed E-state index contributed by atoms with van der Waals surface area (Å²) in [5, 5.41) is 4.90. The van der Waals surface area contributed by atoms with Crippen LogP contribution in [0.15, 0.2) is 41.2 Å². The summed E-state index contributed by atoms with van der Waals surface area (Å²) >= 11 is 2.99. The highest BCUT2D eigenvalue weighted by molar-refractivity contribution is 7.16. The van der Waals surface area contributed by atoms with Gasteiger partial charge in [0.15, 0.2) is 0 Å². The molecule has 7 heteroatoms. The van der Waals surface area contributed by atoms with Gasteiger partial charge >= 0.3 is 0 Å². The number of piperidine rings is 1. The SMILES string of the molecule is O=C(NC[C@@H]1CCCN(C(=O)c2ccc3ncsc3c2)C1)c1cccs1. The normalized spacial score (nSPS) is 17.4. The van der Waals surface area contributed by atoms with Crippen molar-refractivity contribution in [2.45, 2.75) is 12.8 Å². The largest absolute Gasteiger partial charge is 0.351 e. The Bertz CT molecular complexity index is 920. The molecule has 26 heavy (non-hydrogen) atoms. The van der Waals surface area contributed by atoms with E-state index in [0.29, 0.717) is 24.6 Å². The number of amides is 2. The van der Waals surface area contributed by atoms with Gasteiger partial charge in [0.1, 0.15) is 0 Å². The Kier molecular flexibility index (Phi) is 4.99. The first-order chi connectivity index (χ1) is 12.7. The van der Waals surface area contributed by atoms with Crippen molar-refractivity contribution >= 4 is 44.7 Å². The van der Waals surface area contributed by atoms with Crippen LogP contribution in [0.4, 0.5) is 0 Å². The fraction of sp³-hybridized carbons (Fsp3) is 0.316. The Morgan fingerprint density at radius 1 is 1.27 bits per heavy atom. The molecule has 5 nitrogen and oxygen atoms in total. The third-order valence-corrected chi connectivity index (χ3v) is 6.34. The van der Waals surface area contributed by atoms with Gasteiger partial charge in [-0.1, -0.05) is 6.07 Å². The molecule has 134 valence electrons. The highest BCUT2D eigenvalue weighted by atomic mass is 32.1. The van der Waals surface area contributed by atoms with Crippen molar-refractivity contribution in [2.75, 3.05) is 19.6 Å². The van der Waals surface area contributed by atoms with Crippen LogP contribution in [0.3, 0.4) is 0 Å². The van der Waals surface area contributed by atoms with E-state index in [1.54, 1.807) is 16.8 Å². The van der Waals surface area contributed by atoms with Crippen molar-refractivity contribution in [1.82, 2.24) is 15.2 Å². The molecule has 0 spiro atoms. The molecule has 1 aromatic carbocycles. The number of nitrogens with one attached hydrogen (secondary N) is 1. The van der Waals surface area contributed by atoms with Gasteiger partial charge in [0.05, 0.1) is 20.6 Å². The molecule has 0 unspecified atom stereocenters. The third-order valence-electron chi connectivity index (χ3n) is 4.68. The summed E-state index contributed by atoms with van der Waals surface area (Å²) < 4.78 is 1.03. The number of aromatic nitrogens is 1. The third kappa shape index (κ3) is 3.64.